The summed E-state index contributed by atoms with van der Waals surface area (Å²) in [6.07, 6.45) is 3.68. The maximum absolute atomic E-state index is 12.7. The van der Waals surface area contributed by atoms with Crippen LogP contribution in [0.1, 0.15) is 48.0 Å². The lowest BCUT2D eigenvalue weighted by Crippen LogP contribution is -2.36. The molecule has 1 aliphatic rings. The van der Waals surface area contributed by atoms with Crippen molar-refractivity contribution in [1.29, 1.82) is 0 Å². The first-order valence-corrected chi connectivity index (χ1v) is 8.49. The highest BCUT2D eigenvalue weighted by molar-refractivity contribution is 5.93. The minimum absolute atomic E-state index is 0.124. The summed E-state index contributed by atoms with van der Waals surface area (Å²) in [6, 6.07) is 4.94. The zero-order valence-electron chi connectivity index (χ0n) is 14.0. The second-order valence-electron chi connectivity index (χ2n) is 6.31. The van der Waals surface area contributed by atoms with Crippen LogP contribution in [0.4, 0.5) is 24.8 Å². The topological polar surface area (TPSA) is 66.9 Å². The van der Waals surface area contributed by atoms with Gasteiger partial charge in [0.25, 0.3) is 5.91 Å². The van der Waals surface area contributed by atoms with Crippen LogP contribution in [0.15, 0.2) is 36.7 Å². The molecule has 8 heteroatoms. The van der Waals surface area contributed by atoms with Crippen molar-refractivity contribution < 1.29 is 18.0 Å². The molecule has 0 unspecified atom stereocenters. The van der Waals surface area contributed by atoms with Crippen molar-refractivity contribution in [2.24, 2.45) is 0 Å². The average Bonchev–Trinajstić information content (AvgIpc) is 2.63. The van der Waals surface area contributed by atoms with E-state index in [2.05, 4.69) is 20.6 Å². The quantitative estimate of drug-likeness (QED) is 0.849. The van der Waals surface area contributed by atoms with Crippen LogP contribution in [0.3, 0.4) is 0 Å². The first kappa shape index (κ1) is 18.2. The normalized spacial score (nSPS) is 15.5. The highest BCUT2D eigenvalue weighted by Gasteiger charge is 2.30. The van der Waals surface area contributed by atoms with Crippen molar-refractivity contribution in [2.75, 3.05) is 5.32 Å². The van der Waals surface area contributed by atoms with Crippen molar-refractivity contribution >= 4 is 17.5 Å². The van der Waals surface area contributed by atoms with Gasteiger partial charge in [-0.3, -0.25) is 4.79 Å². The Morgan fingerprint density at radius 3 is 2.42 bits per heavy atom. The lowest BCUT2D eigenvalue weighted by atomic mass is 9.95. The summed E-state index contributed by atoms with van der Waals surface area (Å²) in [4.78, 5) is 20.2. The van der Waals surface area contributed by atoms with Crippen molar-refractivity contribution in [3.05, 3.63) is 47.8 Å². The number of hydrogen-bond donors (Lipinski definition) is 2. The summed E-state index contributed by atoms with van der Waals surface area (Å²) in [6.45, 7) is 0. The molecule has 2 N–H and O–H groups in total. The fourth-order valence-corrected chi connectivity index (χ4v) is 2.93. The van der Waals surface area contributed by atoms with E-state index < -0.39 is 11.7 Å². The van der Waals surface area contributed by atoms with Crippen LogP contribution < -0.4 is 10.6 Å². The predicted molar refractivity (Wildman–Crippen MR) is 91.1 cm³/mol. The molecule has 1 saturated carbocycles. The van der Waals surface area contributed by atoms with E-state index in [1.54, 1.807) is 0 Å². The number of carbonyl (C=O) groups excluding carboxylic acids is 1. The highest BCUT2D eigenvalue weighted by Crippen LogP contribution is 2.31. The number of amides is 1. The van der Waals surface area contributed by atoms with Gasteiger partial charge in [0.05, 0.1) is 11.1 Å². The number of halogens is 3. The fourth-order valence-electron chi connectivity index (χ4n) is 2.93. The molecule has 1 aromatic carbocycles. The molecule has 1 heterocycles. The van der Waals surface area contributed by atoms with Crippen molar-refractivity contribution in [3.63, 3.8) is 0 Å². The van der Waals surface area contributed by atoms with Gasteiger partial charge in [0, 0.05) is 24.1 Å². The second kappa shape index (κ2) is 7.72. The Kier molecular flexibility index (Phi) is 5.39. The number of rotatable bonds is 4. The Hall–Kier alpha value is -2.64. The first-order chi connectivity index (χ1) is 12.4. The number of hydrogen-bond acceptors (Lipinski definition) is 4. The van der Waals surface area contributed by atoms with Gasteiger partial charge in [-0.05, 0) is 31.0 Å². The first-order valence-electron chi connectivity index (χ1n) is 8.49. The van der Waals surface area contributed by atoms with Gasteiger partial charge in [-0.25, -0.2) is 9.97 Å². The molecule has 3 rings (SSSR count). The van der Waals surface area contributed by atoms with E-state index in [4.69, 9.17) is 0 Å². The van der Waals surface area contributed by atoms with Crippen LogP contribution in [0.2, 0.25) is 0 Å². The van der Waals surface area contributed by atoms with Gasteiger partial charge < -0.3 is 10.6 Å². The molecule has 0 saturated heterocycles. The summed E-state index contributed by atoms with van der Waals surface area (Å²) in [5, 5.41) is 5.67. The predicted octanol–water partition coefficient (Wildman–Crippen LogP) is 4.30. The standard InChI is InChI=1S/C18H19F3N4O/c19-18(20,21)13-5-4-8-15(9-13)25-17-22-10-12(11-23-17)16(26)24-14-6-2-1-3-7-14/h4-5,8-11,14H,1-3,6-7H2,(H,24,26)(H,22,23,25). The second-order valence-corrected chi connectivity index (χ2v) is 6.31. The fraction of sp³-hybridized carbons (Fsp3) is 0.389. The molecule has 0 bridgehead atoms. The molecule has 1 fully saturated rings. The summed E-state index contributed by atoms with van der Waals surface area (Å²) >= 11 is 0. The molecule has 1 aliphatic carbocycles. The van der Waals surface area contributed by atoms with Gasteiger partial charge in [-0.15, -0.1) is 0 Å². The number of carbonyl (C=O) groups is 1. The van der Waals surface area contributed by atoms with Crippen molar-refractivity contribution in [2.45, 2.75) is 44.3 Å². The van der Waals surface area contributed by atoms with Crippen LogP contribution in [-0.4, -0.2) is 21.9 Å². The van der Waals surface area contributed by atoms with Gasteiger partial charge in [0.2, 0.25) is 5.95 Å². The van der Waals surface area contributed by atoms with E-state index in [-0.39, 0.29) is 23.6 Å². The number of nitrogens with zero attached hydrogens (tertiary/aromatic N) is 2. The van der Waals surface area contributed by atoms with Crippen LogP contribution >= 0.6 is 0 Å². The van der Waals surface area contributed by atoms with Crippen LogP contribution in [0.5, 0.6) is 0 Å². The zero-order valence-corrected chi connectivity index (χ0v) is 14.0. The number of anilines is 2. The molecule has 0 aliphatic heterocycles. The number of aromatic nitrogens is 2. The molecule has 5 nitrogen and oxygen atoms in total. The molecule has 2 aromatic rings. The number of alkyl halides is 3. The maximum atomic E-state index is 12.7. The number of benzene rings is 1. The van der Waals surface area contributed by atoms with E-state index in [1.807, 2.05) is 0 Å². The lowest BCUT2D eigenvalue weighted by Gasteiger charge is -2.22. The highest BCUT2D eigenvalue weighted by atomic mass is 19.4. The third-order valence-corrected chi connectivity index (χ3v) is 4.30. The van der Waals surface area contributed by atoms with E-state index >= 15 is 0 Å². The molecular formula is C18H19F3N4O. The molecule has 1 amide bonds. The smallest absolute Gasteiger partial charge is 0.349 e. The molecule has 0 radical (unpaired) electrons. The van der Waals surface area contributed by atoms with Gasteiger partial charge in [-0.2, -0.15) is 13.2 Å². The van der Waals surface area contributed by atoms with Crippen LogP contribution in [0.25, 0.3) is 0 Å². The molecular weight excluding hydrogens is 345 g/mol. The van der Waals surface area contributed by atoms with Gasteiger partial charge in [-0.1, -0.05) is 25.3 Å². The van der Waals surface area contributed by atoms with E-state index in [0.29, 0.717) is 5.56 Å². The van der Waals surface area contributed by atoms with Crippen LogP contribution in [-0.2, 0) is 6.18 Å². The SMILES string of the molecule is O=C(NC1CCCCC1)c1cnc(Nc2cccc(C(F)(F)F)c2)nc1. The molecule has 26 heavy (non-hydrogen) atoms. The summed E-state index contributed by atoms with van der Waals surface area (Å²) in [5.41, 5.74) is -0.213. The lowest BCUT2D eigenvalue weighted by molar-refractivity contribution is -0.137. The van der Waals surface area contributed by atoms with Crippen molar-refractivity contribution in [1.82, 2.24) is 15.3 Å². The monoisotopic (exact) mass is 364 g/mol. The third kappa shape index (κ3) is 4.71. The third-order valence-electron chi connectivity index (χ3n) is 4.30. The summed E-state index contributed by atoms with van der Waals surface area (Å²) < 4.78 is 38.2. The van der Waals surface area contributed by atoms with Gasteiger partial charge in [0.15, 0.2) is 0 Å². The zero-order chi connectivity index (χ0) is 18.6. The molecule has 1 aromatic heterocycles. The molecule has 0 atom stereocenters. The largest absolute Gasteiger partial charge is 0.416 e. The minimum Gasteiger partial charge on any atom is -0.349 e. The minimum atomic E-state index is -4.42. The molecule has 0 spiro atoms. The Bertz CT molecular complexity index is 756. The van der Waals surface area contributed by atoms with Crippen molar-refractivity contribution in [3.8, 4) is 0 Å². The number of nitrogens with one attached hydrogen (secondary N) is 2. The maximum Gasteiger partial charge on any atom is 0.416 e. The summed E-state index contributed by atoms with van der Waals surface area (Å²) in [7, 11) is 0. The van der Waals surface area contributed by atoms with E-state index in [0.717, 1.165) is 37.8 Å². The average molecular weight is 364 g/mol. The molecule has 138 valence electrons. The van der Waals surface area contributed by atoms with E-state index in [1.165, 1.54) is 30.9 Å². The Labute approximate surface area is 149 Å². The Morgan fingerprint density at radius 1 is 1.08 bits per heavy atom. The summed E-state index contributed by atoms with van der Waals surface area (Å²) in [5.74, 6) is -0.110. The Morgan fingerprint density at radius 2 is 1.77 bits per heavy atom. The van der Waals surface area contributed by atoms with Crippen LogP contribution in [0, 0.1) is 0 Å². The van der Waals surface area contributed by atoms with E-state index in [9.17, 15) is 18.0 Å². The van der Waals surface area contributed by atoms with Gasteiger partial charge >= 0.3 is 6.18 Å². The Balaban J connectivity index is 1.63. The van der Waals surface area contributed by atoms with Gasteiger partial charge in [0.1, 0.15) is 0 Å².